The van der Waals surface area contributed by atoms with Crippen molar-refractivity contribution in [3.63, 3.8) is 0 Å². The van der Waals surface area contributed by atoms with Crippen LogP contribution >= 0.6 is 0 Å². The number of aromatic nitrogens is 3. The van der Waals surface area contributed by atoms with Gasteiger partial charge in [0.05, 0.1) is 29.9 Å². The van der Waals surface area contributed by atoms with Gasteiger partial charge in [0.2, 0.25) is 5.60 Å². The van der Waals surface area contributed by atoms with E-state index in [4.69, 9.17) is 4.74 Å². The molecule has 1 fully saturated rings. The zero-order chi connectivity index (χ0) is 30.6. The standard InChI is InChI=1S/C30H29F4N5O4/c1-28(13-35-12-16-2-3-16)15-43-25-20(28)11-23(39-24(25)17-4-7-19(31)8-5-17)29(42,30(32,33)34)14-36-26(40)18-6-9-21-22(10-18)38-27(41)37-21/h4-11,16,35,42H,2-3,12-15H2,1H3,(H,36,40)(H2,37,38,41)/t28-,29?/m0/s1. The molecule has 0 bridgehead atoms. The molecular formula is C30H29F4N5O4. The van der Waals surface area contributed by atoms with Crippen molar-refractivity contribution in [1.82, 2.24) is 25.6 Å². The highest BCUT2D eigenvalue weighted by molar-refractivity contribution is 5.97. The quantitative estimate of drug-likeness (QED) is 0.186. The minimum Gasteiger partial charge on any atom is -0.490 e. The molecule has 1 aliphatic carbocycles. The van der Waals surface area contributed by atoms with E-state index in [9.17, 15) is 32.3 Å². The monoisotopic (exact) mass is 599 g/mol. The minimum absolute atomic E-state index is 0.0225. The Bertz CT molecular complexity index is 1750. The Morgan fingerprint density at radius 1 is 1.12 bits per heavy atom. The van der Waals surface area contributed by atoms with E-state index >= 15 is 0 Å². The van der Waals surface area contributed by atoms with Crippen LogP contribution in [0.15, 0.2) is 53.3 Å². The van der Waals surface area contributed by atoms with E-state index in [1.807, 2.05) is 6.92 Å². The van der Waals surface area contributed by atoms with Gasteiger partial charge in [-0.05, 0) is 73.8 Å². The zero-order valence-electron chi connectivity index (χ0n) is 23.1. The molecule has 2 atom stereocenters. The smallest absolute Gasteiger partial charge is 0.424 e. The highest BCUT2D eigenvalue weighted by Crippen LogP contribution is 2.47. The van der Waals surface area contributed by atoms with E-state index in [0.717, 1.165) is 31.5 Å². The molecule has 0 saturated heterocycles. The average molecular weight is 600 g/mol. The summed E-state index contributed by atoms with van der Waals surface area (Å²) in [7, 11) is 0. The molecule has 1 amide bonds. The second-order valence-corrected chi connectivity index (χ2v) is 11.5. The van der Waals surface area contributed by atoms with Gasteiger partial charge in [-0.1, -0.05) is 6.92 Å². The average Bonchev–Trinajstić information content (AvgIpc) is 3.62. The van der Waals surface area contributed by atoms with Gasteiger partial charge in [-0.2, -0.15) is 13.2 Å². The van der Waals surface area contributed by atoms with Crippen LogP contribution in [0.4, 0.5) is 17.6 Å². The van der Waals surface area contributed by atoms with Crippen LogP contribution in [0, 0.1) is 11.7 Å². The Labute approximate surface area is 242 Å². The number of carbonyl (C=O) groups excluding carboxylic acids is 1. The van der Waals surface area contributed by atoms with E-state index in [-0.39, 0.29) is 23.6 Å². The van der Waals surface area contributed by atoms with Gasteiger partial charge in [-0.15, -0.1) is 0 Å². The Hall–Kier alpha value is -4.23. The Balaban J connectivity index is 1.38. The molecule has 0 radical (unpaired) electrons. The maximum atomic E-state index is 14.7. The van der Waals surface area contributed by atoms with Crippen LogP contribution in [0.2, 0.25) is 0 Å². The van der Waals surface area contributed by atoms with E-state index < -0.39 is 46.8 Å². The number of carbonyl (C=O) groups is 1. The molecule has 6 rings (SSSR count). The van der Waals surface area contributed by atoms with Gasteiger partial charge >= 0.3 is 11.9 Å². The predicted octanol–water partition coefficient (Wildman–Crippen LogP) is 3.89. The summed E-state index contributed by atoms with van der Waals surface area (Å²) in [6, 6.07) is 10.3. The van der Waals surface area contributed by atoms with Gasteiger partial charge in [0.1, 0.15) is 17.3 Å². The zero-order valence-corrected chi connectivity index (χ0v) is 23.1. The van der Waals surface area contributed by atoms with Crippen LogP contribution in [-0.4, -0.2) is 58.4 Å². The third-order valence-corrected chi connectivity index (χ3v) is 8.10. The van der Waals surface area contributed by atoms with E-state index in [1.165, 1.54) is 36.4 Å². The first-order valence-corrected chi connectivity index (χ1v) is 13.8. The fourth-order valence-electron chi connectivity index (χ4n) is 5.29. The summed E-state index contributed by atoms with van der Waals surface area (Å²) in [5.74, 6) is -0.606. The minimum atomic E-state index is -5.25. The van der Waals surface area contributed by atoms with Crippen LogP contribution in [0.3, 0.4) is 0 Å². The number of imidazole rings is 1. The largest absolute Gasteiger partial charge is 0.490 e. The van der Waals surface area contributed by atoms with E-state index in [2.05, 4.69) is 25.6 Å². The van der Waals surface area contributed by atoms with Crippen LogP contribution in [0.25, 0.3) is 22.3 Å². The highest BCUT2D eigenvalue weighted by Gasteiger charge is 2.57. The number of aromatic amines is 2. The van der Waals surface area contributed by atoms with Gasteiger partial charge in [0, 0.05) is 28.7 Å². The molecular weight excluding hydrogens is 570 g/mol. The summed E-state index contributed by atoms with van der Waals surface area (Å²) in [5.41, 5.74) is -4.16. The molecule has 2 aromatic heterocycles. The lowest BCUT2D eigenvalue weighted by Crippen LogP contribution is -2.51. The molecule has 2 aromatic carbocycles. The topological polar surface area (TPSA) is 132 Å². The second kappa shape index (κ2) is 10.5. The lowest BCUT2D eigenvalue weighted by molar-refractivity contribution is -0.265. The number of pyridine rings is 1. The summed E-state index contributed by atoms with van der Waals surface area (Å²) in [6.45, 7) is 1.95. The number of amides is 1. The summed E-state index contributed by atoms with van der Waals surface area (Å²) in [5, 5.41) is 16.9. The number of rotatable bonds is 9. The van der Waals surface area contributed by atoms with Crippen molar-refractivity contribution in [1.29, 1.82) is 0 Å². The van der Waals surface area contributed by atoms with Gasteiger partial charge in [-0.3, -0.25) is 4.79 Å². The molecule has 3 heterocycles. The Kier molecular flexibility index (Phi) is 7.04. The van der Waals surface area contributed by atoms with Crippen molar-refractivity contribution in [3.05, 3.63) is 81.7 Å². The summed E-state index contributed by atoms with van der Waals surface area (Å²) >= 11 is 0. The summed E-state index contributed by atoms with van der Waals surface area (Å²) in [4.78, 5) is 33.7. The van der Waals surface area contributed by atoms with Gasteiger partial charge in [0.15, 0.2) is 0 Å². The normalized spacial score (nSPS) is 19.6. The van der Waals surface area contributed by atoms with Crippen molar-refractivity contribution < 1.29 is 32.2 Å². The third-order valence-electron chi connectivity index (χ3n) is 8.10. The van der Waals surface area contributed by atoms with Gasteiger partial charge in [0.25, 0.3) is 5.91 Å². The first kappa shape index (κ1) is 28.9. The first-order valence-electron chi connectivity index (χ1n) is 13.8. The van der Waals surface area contributed by atoms with Crippen molar-refractivity contribution >= 4 is 16.9 Å². The Morgan fingerprint density at radius 3 is 2.53 bits per heavy atom. The number of halogens is 4. The number of hydrogen-bond acceptors (Lipinski definition) is 6. The molecule has 9 nitrogen and oxygen atoms in total. The molecule has 5 N–H and O–H groups in total. The molecule has 0 spiro atoms. The second-order valence-electron chi connectivity index (χ2n) is 11.5. The SMILES string of the molecule is C[C@]1(CNCC2CC2)COc2c1cc(C(O)(CNC(=O)c1ccc3[nH]c(=O)[nH]c3c1)C(F)(F)F)nc2-c1ccc(F)cc1. The fraction of sp³-hybridized carbons (Fsp3) is 0.367. The van der Waals surface area contributed by atoms with Crippen molar-refractivity contribution in [2.24, 2.45) is 5.92 Å². The molecule has 43 heavy (non-hydrogen) atoms. The van der Waals surface area contributed by atoms with Crippen LogP contribution < -0.4 is 21.1 Å². The van der Waals surface area contributed by atoms with Crippen molar-refractivity contribution in [2.75, 3.05) is 26.2 Å². The van der Waals surface area contributed by atoms with Crippen LogP contribution in [0.1, 0.15) is 41.4 Å². The Morgan fingerprint density at radius 2 is 1.84 bits per heavy atom. The molecule has 1 saturated carbocycles. The predicted molar refractivity (Wildman–Crippen MR) is 149 cm³/mol. The molecule has 4 aromatic rings. The maximum Gasteiger partial charge on any atom is 0.424 e. The molecule has 2 aliphatic rings. The van der Waals surface area contributed by atoms with E-state index in [1.54, 1.807) is 0 Å². The number of hydrogen-bond donors (Lipinski definition) is 5. The number of alkyl halides is 3. The molecule has 13 heteroatoms. The van der Waals surface area contributed by atoms with Gasteiger partial charge < -0.3 is 30.4 Å². The number of aliphatic hydroxyl groups is 1. The molecule has 226 valence electrons. The number of H-pyrrole nitrogens is 2. The van der Waals surface area contributed by atoms with Crippen LogP contribution in [0.5, 0.6) is 5.75 Å². The van der Waals surface area contributed by atoms with Gasteiger partial charge in [-0.25, -0.2) is 14.2 Å². The maximum absolute atomic E-state index is 14.7. The van der Waals surface area contributed by atoms with Crippen LogP contribution in [-0.2, 0) is 11.0 Å². The number of benzene rings is 2. The summed E-state index contributed by atoms with van der Waals surface area (Å²) < 4.78 is 63.8. The number of nitrogens with zero attached hydrogens (tertiary/aromatic N) is 1. The number of fused-ring (bicyclic) bond motifs is 2. The number of ether oxygens (including phenoxy) is 1. The fourth-order valence-corrected chi connectivity index (χ4v) is 5.29. The molecule has 1 aliphatic heterocycles. The molecule has 1 unspecified atom stereocenters. The third kappa shape index (κ3) is 5.50. The first-order chi connectivity index (χ1) is 20.4. The van der Waals surface area contributed by atoms with E-state index in [0.29, 0.717) is 34.6 Å². The van der Waals surface area contributed by atoms with Crippen molar-refractivity contribution in [2.45, 2.75) is 37.0 Å². The lowest BCUT2D eigenvalue weighted by atomic mass is 9.82. The number of nitrogens with one attached hydrogen (secondary N) is 4. The summed E-state index contributed by atoms with van der Waals surface area (Å²) in [6.07, 6.45) is -3.00. The van der Waals surface area contributed by atoms with Crippen molar-refractivity contribution in [3.8, 4) is 17.0 Å². The lowest BCUT2D eigenvalue weighted by Gasteiger charge is -2.32. The highest BCUT2D eigenvalue weighted by atomic mass is 19.4.